The van der Waals surface area contributed by atoms with Crippen molar-refractivity contribution in [3.63, 3.8) is 0 Å². The Morgan fingerprint density at radius 2 is 1.90 bits per heavy atom. The maximum absolute atomic E-state index is 11.4. The van der Waals surface area contributed by atoms with Gasteiger partial charge in [-0.2, -0.15) is 0 Å². The third kappa shape index (κ3) is 5.94. The summed E-state index contributed by atoms with van der Waals surface area (Å²) in [6, 6.07) is 3.90. The van der Waals surface area contributed by atoms with E-state index in [9.17, 15) is 4.79 Å². The largest absolute Gasteiger partial charge is 0.477 e. The number of rotatable bonds is 8. The van der Waals surface area contributed by atoms with Crippen LogP contribution in [0.4, 0.5) is 0 Å². The summed E-state index contributed by atoms with van der Waals surface area (Å²) >= 11 is 6.92. The van der Waals surface area contributed by atoms with Crippen LogP contribution in [0.3, 0.4) is 0 Å². The fourth-order valence-electron chi connectivity index (χ4n) is 1.62. The molecule has 0 saturated carbocycles. The molecule has 0 amide bonds. The van der Waals surface area contributed by atoms with Crippen LogP contribution in [-0.4, -0.2) is 39.4 Å². The van der Waals surface area contributed by atoms with E-state index in [0.29, 0.717) is 18.9 Å². The number of ether oxygens (including phenoxy) is 3. The van der Waals surface area contributed by atoms with Crippen LogP contribution in [-0.2, 0) is 20.8 Å². The van der Waals surface area contributed by atoms with Crippen LogP contribution in [0, 0.1) is 0 Å². The van der Waals surface area contributed by atoms with Gasteiger partial charge in [-0.25, -0.2) is 4.79 Å². The molecule has 0 radical (unpaired) electrons. The highest BCUT2D eigenvalue weighted by Crippen LogP contribution is 2.35. The monoisotopic (exact) mass is 423 g/mol. The second-order valence-corrected chi connectivity index (χ2v) is 6.05. The van der Waals surface area contributed by atoms with Gasteiger partial charge >= 0.3 is 5.97 Å². The van der Waals surface area contributed by atoms with E-state index in [1.165, 1.54) is 7.11 Å². The first-order valence-electron chi connectivity index (χ1n) is 6.41. The van der Waals surface area contributed by atoms with Crippen molar-refractivity contribution in [1.29, 1.82) is 0 Å². The molecular formula is C14H19Br2NO4. The average Bonchev–Trinajstić information content (AvgIpc) is 2.46. The SMILES string of the molecule is COCCNCc1cc(Br)c(OC(C)C(=O)OC)c(Br)c1. The van der Waals surface area contributed by atoms with E-state index in [4.69, 9.17) is 9.47 Å². The summed E-state index contributed by atoms with van der Waals surface area (Å²) in [6.07, 6.45) is -0.673. The second kappa shape index (κ2) is 9.40. The average molecular weight is 425 g/mol. The molecule has 1 rings (SSSR count). The number of carbonyl (C=O) groups excluding carboxylic acids is 1. The highest BCUT2D eigenvalue weighted by molar-refractivity contribution is 9.11. The van der Waals surface area contributed by atoms with Crippen LogP contribution >= 0.6 is 31.9 Å². The van der Waals surface area contributed by atoms with Crippen LogP contribution < -0.4 is 10.1 Å². The van der Waals surface area contributed by atoms with Crippen LogP contribution in [0.2, 0.25) is 0 Å². The molecule has 0 bridgehead atoms. The van der Waals surface area contributed by atoms with Crippen molar-refractivity contribution < 1.29 is 19.0 Å². The molecule has 0 aliphatic heterocycles. The molecule has 0 aromatic heterocycles. The predicted molar refractivity (Wildman–Crippen MR) is 87.5 cm³/mol. The number of esters is 1. The highest BCUT2D eigenvalue weighted by atomic mass is 79.9. The third-order valence-corrected chi connectivity index (χ3v) is 3.88. The molecule has 7 heteroatoms. The molecule has 0 spiro atoms. The summed E-state index contributed by atoms with van der Waals surface area (Å²) in [6.45, 7) is 3.81. The van der Waals surface area contributed by atoms with E-state index >= 15 is 0 Å². The number of nitrogens with one attached hydrogen (secondary N) is 1. The molecule has 1 N–H and O–H groups in total. The number of hydrogen-bond donors (Lipinski definition) is 1. The minimum absolute atomic E-state index is 0.417. The lowest BCUT2D eigenvalue weighted by molar-refractivity contribution is -0.147. The lowest BCUT2D eigenvalue weighted by Crippen LogP contribution is -2.25. The van der Waals surface area contributed by atoms with Gasteiger partial charge in [0.1, 0.15) is 5.75 Å². The van der Waals surface area contributed by atoms with E-state index in [1.807, 2.05) is 12.1 Å². The molecule has 5 nitrogen and oxygen atoms in total. The number of benzene rings is 1. The molecule has 118 valence electrons. The first-order chi connectivity index (χ1) is 9.99. The second-order valence-electron chi connectivity index (χ2n) is 4.34. The Kier molecular flexibility index (Phi) is 8.24. The van der Waals surface area contributed by atoms with Gasteiger partial charge in [0.15, 0.2) is 6.10 Å². The van der Waals surface area contributed by atoms with Crippen LogP contribution in [0.5, 0.6) is 5.75 Å². The molecule has 21 heavy (non-hydrogen) atoms. The lowest BCUT2D eigenvalue weighted by Gasteiger charge is -2.16. The topological polar surface area (TPSA) is 56.8 Å². The minimum Gasteiger partial charge on any atom is -0.477 e. The number of hydrogen-bond acceptors (Lipinski definition) is 5. The van der Waals surface area contributed by atoms with Gasteiger partial charge in [0.25, 0.3) is 0 Å². The first kappa shape index (κ1) is 18.4. The van der Waals surface area contributed by atoms with Crippen LogP contribution in [0.1, 0.15) is 12.5 Å². The van der Waals surface area contributed by atoms with E-state index < -0.39 is 12.1 Å². The maximum atomic E-state index is 11.4. The Labute approximate surface area is 141 Å². The van der Waals surface area contributed by atoms with Crippen molar-refractivity contribution in [3.05, 3.63) is 26.6 Å². The predicted octanol–water partition coefficient (Wildman–Crippen LogP) is 2.89. The maximum Gasteiger partial charge on any atom is 0.346 e. The zero-order valence-corrected chi connectivity index (χ0v) is 15.4. The summed E-state index contributed by atoms with van der Waals surface area (Å²) in [5.41, 5.74) is 1.09. The van der Waals surface area contributed by atoms with Gasteiger partial charge in [-0.15, -0.1) is 0 Å². The van der Waals surface area contributed by atoms with Gasteiger partial charge in [0.2, 0.25) is 0 Å². The standard InChI is InChI=1S/C14H19Br2NO4/c1-9(14(18)20-3)21-13-11(15)6-10(7-12(13)16)8-17-4-5-19-2/h6-7,9,17H,4-5,8H2,1-3H3. The van der Waals surface area contributed by atoms with Crippen molar-refractivity contribution >= 4 is 37.8 Å². The molecule has 0 heterocycles. The minimum atomic E-state index is -0.673. The lowest BCUT2D eigenvalue weighted by atomic mass is 10.2. The molecule has 0 aliphatic rings. The first-order valence-corrected chi connectivity index (χ1v) is 8.00. The Morgan fingerprint density at radius 1 is 1.29 bits per heavy atom. The summed E-state index contributed by atoms with van der Waals surface area (Å²) in [5, 5.41) is 3.26. The summed E-state index contributed by atoms with van der Waals surface area (Å²) in [5.74, 6) is 0.160. The summed E-state index contributed by atoms with van der Waals surface area (Å²) < 4.78 is 16.8. The zero-order chi connectivity index (χ0) is 15.8. The number of methoxy groups -OCH3 is 2. The van der Waals surface area contributed by atoms with Crippen molar-refractivity contribution in [2.24, 2.45) is 0 Å². The van der Waals surface area contributed by atoms with Crippen molar-refractivity contribution in [2.75, 3.05) is 27.4 Å². The van der Waals surface area contributed by atoms with Crippen molar-refractivity contribution in [1.82, 2.24) is 5.32 Å². The Balaban J connectivity index is 2.73. The van der Waals surface area contributed by atoms with E-state index in [1.54, 1.807) is 14.0 Å². The van der Waals surface area contributed by atoms with Crippen molar-refractivity contribution in [2.45, 2.75) is 19.6 Å². The number of carbonyl (C=O) groups is 1. The molecular weight excluding hydrogens is 406 g/mol. The van der Waals surface area contributed by atoms with Crippen molar-refractivity contribution in [3.8, 4) is 5.75 Å². The molecule has 0 fully saturated rings. The molecule has 1 aromatic carbocycles. The number of halogens is 2. The fraction of sp³-hybridized carbons (Fsp3) is 0.500. The van der Waals surface area contributed by atoms with Gasteiger partial charge < -0.3 is 19.5 Å². The molecule has 1 aromatic rings. The Hall–Kier alpha value is -0.630. The Bertz CT molecular complexity index is 459. The molecule has 1 atom stereocenters. The van der Waals surface area contributed by atoms with E-state index in [0.717, 1.165) is 21.1 Å². The van der Waals surface area contributed by atoms with Crippen LogP contribution in [0.15, 0.2) is 21.1 Å². The normalized spacial score (nSPS) is 12.0. The fourth-order valence-corrected chi connectivity index (χ4v) is 3.09. The smallest absolute Gasteiger partial charge is 0.346 e. The van der Waals surface area contributed by atoms with Gasteiger partial charge in [-0.3, -0.25) is 0 Å². The quantitative estimate of drug-likeness (QED) is 0.513. The van der Waals surface area contributed by atoms with Gasteiger partial charge in [0, 0.05) is 20.2 Å². The van der Waals surface area contributed by atoms with Gasteiger partial charge in [0.05, 0.1) is 22.7 Å². The van der Waals surface area contributed by atoms with Crippen LogP contribution in [0.25, 0.3) is 0 Å². The molecule has 0 saturated heterocycles. The Morgan fingerprint density at radius 3 is 2.43 bits per heavy atom. The third-order valence-electron chi connectivity index (χ3n) is 2.70. The van der Waals surface area contributed by atoms with Gasteiger partial charge in [-0.1, -0.05) is 0 Å². The highest BCUT2D eigenvalue weighted by Gasteiger charge is 2.18. The molecule has 0 aliphatic carbocycles. The summed E-state index contributed by atoms with van der Waals surface area (Å²) in [7, 11) is 3.00. The van der Waals surface area contributed by atoms with E-state index in [2.05, 4.69) is 41.9 Å². The van der Waals surface area contributed by atoms with E-state index in [-0.39, 0.29) is 0 Å². The zero-order valence-electron chi connectivity index (χ0n) is 12.2. The molecule has 1 unspecified atom stereocenters. The van der Waals surface area contributed by atoms with Gasteiger partial charge in [-0.05, 0) is 56.5 Å². The summed E-state index contributed by atoms with van der Waals surface area (Å²) in [4.78, 5) is 11.4.